The van der Waals surface area contributed by atoms with Gasteiger partial charge in [0.25, 0.3) is 0 Å². The number of aromatic carboxylic acids is 1. The second kappa shape index (κ2) is 7.11. The summed E-state index contributed by atoms with van der Waals surface area (Å²) in [7, 11) is 1.74. The molecule has 0 spiro atoms. The number of hydrogen-bond donors (Lipinski definition) is 2. The summed E-state index contributed by atoms with van der Waals surface area (Å²) in [5.41, 5.74) is 1.17. The Labute approximate surface area is 125 Å². The molecule has 1 aromatic carbocycles. The number of urea groups is 1. The van der Waals surface area contributed by atoms with Crippen LogP contribution in [0.4, 0.5) is 4.79 Å². The van der Waals surface area contributed by atoms with E-state index in [4.69, 9.17) is 5.11 Å². The van der Waals surface area contributed by atoms with Crippen LogP contribution in [0.2, 0.25) is 0 Å². The summed E-state index contributed by atoms with van der Waals surface area (Å²) in [5, 5.41) is 11.8. The van der Waals surface area contributed by atoms with Crippen molar-refractivity contribution in [2.75, 3.05) is 13.6 Å². The number of nitrogens with one attached hydrogen (secondary N) is 1. The highest BCUT2D eigenvalue weighted by Gasteiger charge is 2.17. The number of carbonyl (C=O) groups excluding carboxylic acids is 1. The van der Waals surface area contributed by atoms with Gasteiger partial charge >= 0.3 is 12.0 Å². The molecule has 1 aromatic rings. The molecule has 0 heterocycles. The molecular formula is C16H22N2O3. The minimum atomic E-state index is -0.941. The number of nitrogens with zero attached hydrogens (tertiary/aromatic N) is 1. The molecule has 2 amide bonds. The SMILES string of the molecule is CN(Cc1ccc(C(=O)O)cc1)C(=O)NCCC1CCC1. The van der Waals surface area contributed by atoms with Gasteiger partial charge in [0.1, 0.15) is 0 Å². The van der Waals surface area contributed by atoms with E-state index in [0.717, 1.165) is 24.4 Å². The van der Waals surface area contributed by atoms with Gasteiger partial charge in [0, 0.05) is 20.1 Å². The van der Waals surface area contributed by atoms with Crippen molar-refractivity contribution in [1.29, 1.82) is 0 Å². The lowest BCUT2D eigenvalue weighted by Gasteiger charge is -2.26. The van der Waals surface area contributed by atoms with Crippen LogP contribution in [-0.4, -0.2) is 35.6 Å². The topological polar surface area (TPSA) is 69.6 Å². The zero-order chi connectivity index (χ0) is 15.2. The van der Waals surface area contributed by atoms with Crippen LogP contribution in [0.15, 0.2) is 24.3 Å². The molecule has 0 saturated heterocycles. The number of amides is 2. The van der Waals surface area contributed by atoms with Gasteiger partial charge in [-0.05, 0) is 30.0 Å². The van der Waals surface area contributed by atoms with Crippen molar-refractivity contribution in [3.8, 4) is 0 Å². The molecule has 5 heteroatoms. The first-order chi connectivity index (χ1) is 10.1. The Morgan fingerprint density at radius 1 is 1.29 bits per heavy atom. The van der Waals surface area contributed by atoms with Gasteiger partial charge in [0.2, 0.25) is 0 Å². The second-order valence-electron chi connectivity index (χ2n) is 5.68. The van der Waals surface area contributed by atoms with Gasteiger partial charge < -0.3 is 15.3 Å². The van der Waals surface area contributed by atoms with Gasteiger partial charge in [0.15, 0.2) is 0 Å². The molecule has 1 aliphatic rings. The van der Waals surface area contributed by atoms with Crippen LogP contribution in [0.25, 0.3) is 0 Å². The van der Waals surface area contributed by atoms with E-state index in [1.807, 2.05) is 0 Å². The fraction of sp³-hybridized carbons (Fsp3) is 0.500. The van der Waals surface area contributed by atoms with Gasteiger partial charge in [-0.1, -0.05) is 31.4 Å². The first kappa shape index (κ1) is 15.4. The average Bonchev–Trinajstić information content (AvgIpc) is 2.41. The van der Waals surface area contributed by atoms with Crippen LogP contribution < -0.4 is 5.32 Å². The molecular weight excluding hydrogens is 268 g/mol. The molecule has 0 unspecified atom stereocenters. The molecule has 0 aliphatic heterocycles. The Bertz CT molecular complexity index is 495. The standard InChI is InChI=1S/C16H22N2O3/c1-18(16(21)17-10-9-12-3-2-4-12)11-13-5-7-14(8-6-13)15(19)20/h5-8,12H,2-4,9-11H2,1H3,(H,17,21)(H,19,20). The molecule has 0 bridgehead atoms. The third-order valence-electron chi connectivity index (χ3n) is 4.02. The normalized spacial score (nSPS) is 14.3. The molecule has 1 fully saturated rings. The first-order valence-corrected chi connectivity index (χ1v) is 7.37. The Hall–Kier alpha value is -2.04. The summed E-state index contributed by atoms with van der Waals surface area (Å²) in [6.07, 6.45) is 4.97. The maximum atomic E-state index is 11.9. The monoisotopic (exact) mass is 290 g/mol. The van der Waals surface area contributed by atoms with E-state index in [0.29, 0.717) is 6.54 Å². The molecule has 21 heavy (non-hydrogen) atoms. The smallest absolute Gasteiger partial charge is 0.335 e. The van der Waals surface area contributed by atoms with Crippen LogP contribution in [0.5, 0.6) is 0 Å². The predicted octanol–water partition coefficient (Wildman–Crippen LogP) is 2.72. The van der Waals surface area contributed by atoms with Gasteiger partial charge in [-0.3, -0.25) is 0 Å². The van der Waals surface area contributed by atoms with Gasteiger partial charge in [0.05, 0.1) is 5.56 Å². The van der Waals surface area contributed by atoms with Gasteiger partial charge in [-0.15, -0.1) is 0 Å². The van der Waals surface area contributed by atoms with E-state index in [9.17, 15) is 9.59 Å². The summed E-state index contributed by atoms with van der Waals surface area (Å²) >= 11 is 0. The number of benzene rings is 1. The van der Waals surface area contributed by atoms with Gasteiger partial charge in [-0.2, -0.15) is 0 Å². The minimum absolute atomic E-state index is 0.0864. The van der Waals surface area contributed by atoms with E-state index in [2.05, 4.69) is 5.32 Å². The van der Waals surface area contributed by atoms with E-state index in [1.165, 1.54) is 19.3 Å². The maximum absolute atomic E-state index is 11.9. The lowest BCUT2D eigenvalue weighted by atomic mass is 9.83. The van der Waals surface area contributed by atoms with E-state index in [-0.39, 0.29) is 11.6 Å². The minimum Gasteiger partial charge on any atom is -0.478 e. The summed E-state index contributed by atoms with van der Waals surface area (Å²) < 4.78 is 0. The van der Waals surface area contributed by atoms with Crippen molar-refractivity contribution in [3.63, 3.8) is 0 Å². The zero-order valence-electron chi connectivity index (χ0n) is 12.3. The number of carboxylic acids is 1. The molecule has 5 nitrogen and oxygen atoms in total. The van der Waals surface area contributed by atoms with Crippen molar-refractivity contribution in [1.82, 2.24) is 10.2 Å². The van der Waals surface area contributed by atoms with Crippen molar-refractivity contribution < 1.29 is 14.7 Å². The largest absolute Gasteiger partial charge is 0.478 e. The highest BCUT2D eigenvalue weighted by molar-refractivity contribution is 5.87. The Kier molecular flexibility index (Phi) is 5.20. The van der Waals surface area contributed by atoms with E-state index < -0.39 is 5.97 Å². The molecule has 0 atom stereocenters. The predicted molar refractivity (Wildman–Crippen MR) is 80.2 cm³/mol. The number of carboxylic acid groups (broad SMARTS) is 1. The lowest BCUT2D eigenvalue weighted by Crippen LogP contribution is -2.38. The fourth-order valence-corrected chi connectivity index (χ4v) is 2.40. The highest BCUT2D eigenvalue weighted by atomic mass is 16.4. The van der Waals surface area contributed by atoms with Crippen LogP contribution in [0.3, 0.4) is 0 Å². The number of carbonyl (C=O) groups is 2. The number of rotatable bonds is 6. The van der Waals surface area contributed by atoms with Crippen molar-refractivity contribution in [2.45, 2.75) is 32.2 Å². The van der Waals surface area contributed by atoms with Gasteiger partial charge in [-0.25, -0.2) is 9.59 Å². The van der Waals surface area contributed by atoms with E-state index >= 15 is 0 Å². The Morgan fingerprint density at radius 2 is 1.95 bits per heavy atom. The molecule has 1 saturated carbocycles. The maximum Gasteiger partial charge on any atom is 0.335 e. The van der Waals surface area contributed by atoms with Crippen LogP contribution >= 0.6 is 0 Å². The molecule has 1 aliphatic carbocycles. The summed E-state index contributed by atoms with van der Waals surface area (Å²) in [6, 6.07) is 6.50. The summed E-state index contributed by atoms with van der Waals surface area (Å²) in [4.78, 5) is 24.3. The van der Waals surface area contributed by atoms with Crippen LogP contribution in [0.1, 0.15) is 41.6 Å². The van der Waals surface area contributed by atoms with Crippen LogP contribution in [0, 0.1) is 5.92 Å². The molecule has 2 N–H and O–H groups in total. The molecule has 0 aromatic heterocycles. The third kappa shape index (κ3) is 4.48. The first-order valence-electron chi connectivity index (χ1n) is 7.37. The van der Waals surface area contributed by atoms with Crippen LogP contribution in [-0.2, 0) is 6.54 Å². The van der Waals surface area contributed by atoms with E-state index in [1.54, 1.807) is 36.2 Å². The number of hydrogen-bond acceptors (Lipinski definition) is 2. The lowest BCUT2D eigenvalue weighted by molar-refractivity contribution is 0.0697. The zero-order valence-corrected chi connectivity index (χ0v) is 12.3. The highest BCUT2D eigenvalue weighted by Crippen LogP contribution is 2.28. The average molecular weight is 290 g/mol. The second-order valence-corrected chi connectivity index (χ2v) is 5.68. The van der Waals surface area contributed by atoms with Crippen molar-refractivity contribution in [2.24, 2.45) is 5.92 Å². The third-order valence-corrected chi connectivity index (χ3v) is 4.02. The Balaban J connectivity index is 1.75. The molecule has 114 valence electrons. The van der Waals surface area contributed by atoms with Crippen molar-refractivity contribution >= 4 is 12.0 Å². The fourth-order valence-electron chi connectivity index (χ4n) is 2.40. The quantitative estimate of drug-likeness (QED) is 0.846. The summed E-state index contributed by atoms with van der Waals surface area (Å²) in [6.45, 7) is 1.20. The molecule has 0 radical (unpaired) electrons. The summed E-state index contributed by atoms with van der Waals surface area (Å²) in [5.74, 6) is -0.150. The molecule has 2 rings (SSSR count). The Morgan fingerprint density at radius 3 is 2.48 bits per heavy atom. The van der Waals surface area contributed by atoms with Crippen molar-refractivity contribution in [3.05, 3.63) is 35.4 Å².